The molecule has 0 aliphatic heterocycles. The van der Waals surface area contributed by atoms with Crippen LogP contribution < -0.4 is 14.8 Å². The van der Waals surface area contributed by atoms with Gasteiger partial charge in [-0.1, -0.05) is 6.92 Å². The lowest BCUT2D eigenvalue weighted by Gasteiger charge is -2.43. The lowest BCUT2D eigenvalue weighted by molar-refractivity contribution is -0.0837. The first kappa shape index (κ1) is 16.1. The molecule has 1 aromatic rings. The van der Waals surface area contributed by atoms with Gasteiger partial charge in [-0.3, -0.25) is 0 Å². The van der Waals surface area contributed by atoms with E-state index in [1.54, 1.807) is 14.2 Å². The Hall–Kier alpha value is -1.26. The van der Waals surface area contributed by atoms with Gasteiger partial charge in [0, 0.05) is 19.2 Å². The Labute approximate surface area is 127 Å². The SMILES string of the molecule is CCNC(CC1(OC)CCC1)c1cc(OC)cc(OC)c1. The monoisotopic (exact) mass is 293 g/mol. The second kappa shape index (κ2) is 7.14. The zero-order valence-electron chi connectivity index (χ0n) is 13.6. The van der Waals surface area contributed by atoms with Crippen LogP contribution in [0.2, 0.25) is 0 Å². The van der Waals surface area contributed by atoms with Gasteiger partial charge in [-0.25, -0.2) is 0 Å². The van der Waals surface area contributed by atoms with Crippen LogP contribution in [0, 0.1) is 0 Å². The molecule has 0 bridgehead atoms. The zero-order chi connectivity index (χ0) is 15.3. The van der Waals surface area contributed by atoms with E-state index < -0.39 is 0 Å². The van der Waals surface area contributed by atoms with Crippen molar-refractivity contribution in [2.45, 2.75) is 44.2 Å². The average molecular weight is 293 g/mol. The molecule has 21 heavy (non-hydrogen) atoms. The Morgan fingerprint density at radius 2 is 1.71 bits per heavy atom. The minimum absolute atomic E-state index is 0.0309. The summed E-state index contributed by atoms with van der Waals surface area (Å²) >= 11 is 0. The smallest absolute Gasteiger partial charge is 0.122 e. The van der Waals surface area contributed by atoms with Crippen molar-refractivity contribution in [1.82, 2.24) is 5.32 Å². The van der Waals surface area contributed by atoms with Gasteiger partial charge in [0.15, 0.2) is 0 Å². The van der Waals surface area contributed by atoms with Crippen LogP contribution >= 0.6 is 0 Å². The van der Waals surface area contributed by atoms with Crippen molar-refractivity contribution >= 4 is 0 Å². The minimum Gasteiger partial charge on any atom is -0.497 e. The van der Waals surface area contributed by atoms with Crippen LogP contribution in [0.3, 0.4) is 0 Å². The molecule has 1 saturated carbocycles. The van der Waals surface area contributed by atoms with E-state index in [0.29, 0.717) is 0 Å². The second-order valence-electron chi connectivity index (χ2n) is 5.70. The van der Waals surface area contributed by atoms with Crippen LogP contribution in [0.1, 0.15) is 44.2 Å². The maximum absolute atomic E-state index is 5.78. The van der Waals surface area contributed by atoms with Gasteiger partial charge in [0.05, 0.1) is 19.8 Å². The third-order valence-corrected chi connectivity index (χ3v) is 4.50. The summed E-state index contributed by atoms with van der Waals surface area (Å²) < 4.78 is 16.5. The van der Waals surface area contributed by atoms with E-state index in [9.17, 15) is 0 Å². The van der Waals surface area contributed by atoms with Crippen molar-refractivity contribution in [3.63, 3.8) is 0 Å². The first-order chi connectivity index (χ1) is 10.2. The van der Waals surface area contributed by atoms with E-state index in [1.807, 2.05) is 13.2 Å². The highest BCUT2D eigenvalue weighted by Crippen LogP contribution is 2.42. The van der Waals surface area contributed by atoms with E-state index in [4.69, 9.17) is 14.2 Å². The topological polar surface area (TPSA) is 39.7 Å². The summed E-state index contributed by atoms with van der Waals surface area (Å²) in [5, 5.41) is 3.57. The zero-order valence-corrected chi connectivity index (χ0v) is 13.6. The highest BCUT2D eigenvalue weighted by atomic mass is 16.5. The molecular formula is C17H27NO3. The van der Waals surface area contributed by atoms with E-state index >= 15 is 0 Å². The Morgan fingerprint density at radius 3 is 2.10 bits per heavy atom. The van der Waals surface area contributed by atoms with E-state index in [-0.39, 0.29) is 11.6 Å². The minimum atomic E-state index is 0.0309. The molecule has 0 heterocycles. The van der Waals surface area contributed by atoms with Crippen molar-refractivity contribution in [2.24, 2.45) is 0 Å². The molecule has 1 N–H and O–H groups in total. The summed E-state index contributed by atoms with van der Waals surface area (Å²) in [7, 11) is 5.20. The number of ether oxygens (including phenoxy) is 3. The predicted molar refractivity (Wildman–Crippen MR) is 84.2 cm³/mol. The van der Waals surface area contributed by atoms with Gasteiger partial charge in [0.25, 0.3) is 0 Å². The van der Waals surface area contributed by atoms with Crippen molar-refractivity contribution < 1.29 is 14.2 Å². The summed E-state index contributed by atoms with van der Waals surface area (Å²) in [6.07, 6.45) is 4.53. The molecule has 1 aliphatic rings. The molecule has 4 nitrogen and oxygen atoms in total. The van der Waals surface area contributed by atoms with Crippen LogP contribution in [0.5, 0.6) is 11.5 Å². The molecule has 0 saturated heterocycles. The molecule has 0 spiro atoms. The van der Waals surface area contributed by atoms with E-state index in [0.717, 1.165) is 37.3 Å². The maximum Gasteiger partial charge on any atom is 0.122 e. The number of hydrogen-bond acceptors (Lipinski definition) is 4. The van der Waals surface area contributed by atoms with Crippen LogP contribution in [-0.2, 0) is 4.74 Å². The molecule has 118 valence electrons. The molecule has 0 amide bonds. The standard InChI is InChI=1S/C17H27NO3/c1-5-18-16(12-17(21-4)7-6-8-17)13-9-14(19-2)11-15(10-13)20-3/h9-11,16,18H,5-8,12H2,1-4H3. The van der Waals surface area contributed by atoms with Gasteiger partial charge in [-0.05, 0) is 49.9 Å². The number of nitrogens with one attached hydrogen (secondary N) is 1. The first-order valence-corrected chi connectivity index (χ1v) is 7.68. The fourth-order valence-corrected chi connectivity index (χ4v) is 3.02. The highest BCUT2D eigenvalue weighted by molar-refractivity contribution is 5.40. The van der Waals surface area contributed by atoms with Crippen molar-refractivity contribution in [3.05, 3.63) is 23.8 Å². The number of methoxy groups -OCH3 is 3. The molecule has 1 aromatic carbocycles. The largest absolute Gasteiger partial charge is 0.497 e. The van der Waals surface area contributed by atoms with Crippen molar-refractivity contribution in [3.8, 4) is 11.5 Å². The van der Waals surface area contributed by atoms with E-state index in [1.165, 1.54) is 12.0 Å². The molecule has 1 aliphatic carbocycles. The Bertz CT molecular complexity index is 430. The van der Waals surface area contributed by atoms with Crippen LogP contribution in [-0.4, -0.2) is 33.5 Å². The molecule has 0 radical (unpaired) electrons. The molecule has 1 unspecified atom stereocenters. The van der Waals surface area contributed by atoms with Gasteiger partial charge < -0.3 is 19.5 Å². The molecule has 4 heteroatoms. The normalized spacial score (nSPS) is 17.9. The summed E-state index contributed by atoms with van der Waals surface area (Å²) in [6, 6.07) is 6.32. The van der Waals surface area contributed by atoms with Gasteiger partial charge in [-0.2, -0.15) is 0 Å². The summed E-state index contributed by atoms with van der Waals surface area (Å²) in [6.45, 7) is 3.05. The summed E-state index contributed by atoms with van der Waals surface area (Å²) in [4.78, 5) is 0. The van der Waals surface area contributed by atoms with Crippen LogP contribution in [0.4, 0.5) is 0 Å². The Morgan fingerprint density at radius 1 is 1.10 bits per heavy atom. The molecule has 1 fully saturated rings. The lowest BCUT2D eigenvalue weighted by Crippen LogP contribution is -2.42. The second-order valence-corrected chi connectivity index (χ2v) is 5.70. The Balaban J connectivity index is 2.24. The highest BCUT2D eigenvalue weighted by Gasteiger charge is 2.39. The third kappa shape index (κ3) is 3.69. The quantitative estimate of drug-likeness (QED) is 0.798. The molecule has 2 rings (SSSR count). The van der Waals surface area contributed by atoms with Gasteiger partial charge in [-0.15, -0.1) is 0 Å². The van der Waals surface area contributed by atoms with Crippen LogP contribution in [0.25, 0.3) is 0 Å². The average Bonchev–Trinajstić information content (AvgIpc) is 2.49. The molecule has 1 atom stereocenters. The fourth-order valence-electron chi connectivity index (χ4n) is 3.02. The summed E-state index contributed by atoms with van der Waals surface area (Å²) in [5.41, 5.74) is 1.22. The number of rotatable bonds is 8. The summed E-state index contributed by atoms with van der Waals surface area (Å²) in [5.74, 6) is 1.65. The van der Waals surface area contributed by atoms with Crippen molar-refractivity contribution in [1.29, 1.82) is 0 Å². The predicted octanol–water partition coefficient (Wildman–Crippen LogP) is 3.31. The number of hydrogen-bond donors (Lipinski definition) is 1. The lowest BCUT2D eigenvalue weighted by atomic mass is 9.74. The van der Waals surface area contributed by atoms with E-state index in [2.05, 4.69) is 24.4 Å². The van der Waals surface area contributed by atoms with Crippen molar-refractivity contribution in [2.75, 3.05) is 27.9 Å². The van der Waals surface area contributed by atoms with Gasteiger partial charge in [0.1, 0.15) is 11.5 Å². The first-order valence-electron chi connectivity index (χ1n) is 7.68. The third-order valence-electron chi connectivity index (χ3n) is 4.50. The Kier molecular flexibility index (Phi) is 5.48. The van der Waals surface area contributed by atoms with Crippen LogP contribution in [0.15, 0.2) is 18.2 Å². The van der Waals surface area contributed by atoms with Gasteiger partial charge in [0.2, 0.25) is 0 Å². The molecular weight excluding hydrogens is 266 g/mol. The maximum atomic E-state index is 5.78. The fraction of sp³-hybridized carbons (Fsp3) is 0.647. The molecule has 0 aromatic heterocycles. The number of benzene rings is 1. The van der Waals surface area contributed by atoms with Gasteiger partial charge >= 0.3 is 0 Å².